The lowest BCUT2D eigenvalue weighted by atomic mass is 10.1. The molecule has 1 aliphatic rings. The van der Waals surface area contributed by atoms with Crippen molar-refractivity contribution in [1.29, 1.82) is 0 Å². The smallest absolute Gasteiger partial charge is 0.125 e. The molecule has 1 saturated heterocycles. The number of hydrogen-bond donors (Lipinski definition) is 1. The van der Waals surface area contributed by atoms with Crippen molar-refractivity contribution in [1.82, 2.24) is 4.90 Å². The number of piperazine rings is 1. The van der Waals surface area contributed by atoms with Gasteiger partial charge in [-0.1, -0.05) is 0 Å². The molecule has 0 aliphatic carbocycles. The van der Waals surface area contributed by atoms with E-state index in [2.05, 4.69) is 23.8 Å². The highest BCUT2D eigenvalue weighted by Crippen LogP contribution is 2.21. The average Bonchev–Trinajstić information content (AvgIpc) is 2.32. The summed E-state index contributed by atoms with van der Waals surface area (Å²) < 4.78 is 13.5. The first-order chi connectivity index (χ1) is 8.10. The second-order valence-electron chi connectivity index (χ2n) is 4.80. The van der Waals surface area contributed by atoms with Gasteiger partial charge in [0.25, 0.3) is 0 Å². The molecule has 1 aromatic carbocycles. The van der Waals surface area contributed by atoms with Gasteiger partial charge in [0.15, 0.2) is 0 Å². The number of halogens is 1. The highest BCUT2D eigenvalue weighted by molar-refractivity contribution is 5.49. The van der Waals surface area contributed by atoms with Crippen molar-refractivity contribution in [2.45, 2.75) is 19.5 Å². The molecule has 1 aromatic rings. The van der Waals surface area contributed by atoms with Gasteiger partial charge in [0.1, 0.15) is 5.82 Å². The fourth-order valence-electron chi connectivity index (χ4n) is 2.22. The largest absolute Gasteiger partial charge is 0.369 e. The summed E-state index contributed by atoms with van der Waals surface area (Å²) >= 11 is 0. The molecule has 1 unspecified atom stereocenters. The van der Waals surface area contributed by atoms with Crippen LogP contribution < -0.4 is 10.6 Å². The van der Waals surface area contributed by atoms with E-state index in [9.17, 15) is 4.39 Å². The third-order valence-corrected chi connectivity index (χ3v) is 3.50. The number of hydrogen-bond acceptors (Lipinski definition) is 3. The maximum atomic E-state index is 13.5. The fraction of sp³-hybridized carbons (Fsp3) is 0.538. The van der Waals surface area contributed by atoms with E-state index in [1.54, 1.807) is 6.07 Å². The molecule has 1 fully saturated rings. The molecule has 0 amide bonds. The van der Waals surface area contributed by atoms with E-state index in [0.717, 1.165) is 30.9 Å². The van der Waals surface area contributed by atoms with Gasteiger partial charge in [0.2, 0.25) is 0 Å². The fourth-order valence-corrected chi connectivity index (χ4v) is 2.22. The Labute approximate surface area is 102 Å². The Bertz CT molecular complexity index is 394. The summed E-state index contributed by atoms with van der Waals surface area (Å²) in [6.45, 7) is 5.46. The molecule has 4 heteroatoms. The zero-order chi connectivity index (χ0) is 12.4. The summed E-state index contributed by atoms with van der Waals surface area (Å²) in [5.74, 6) is -0.200. The van der Waals surface area contributed by atoms with Gasteiger partial charge in [-0.15, -0.1) is 0 Å². The van der Waals surface area contributed by atoms with Crippen LogP contribution >= 0.6 is 0 Å². The van der Waals surface area contributed by atoms with E-state index in [1.165, 1.54) is 6.07 Å². The molecule has 0 radical (unpaired) electrons. The van der Waals surface area contributed by atoms with Gasteiger partial charge in [-0.3, -0.25) is 0 Å². The normalized spacial score (nSPS) is 21.9. The minimum atomic E-state index is -0.200. The number of anilines is 1. The van der Waals surface area contributed by atoms with Crippen LogP contribution in [-0.4, -0.2) is 37.6 Å². The molecule has 1 heterocycles. The zero-order valence-corrected chi connectivity index (χ0v) is 10.5. The minimum Gasteiger partial charge on any atom is -0.369 e. The lowest BCUT2D eigenvalue weighted by Crippen LogP contribution is -2.50. The van der Waals surface area contributed by atoms with Crippen molar-refractivity contribution in [3.8, 4) is 0 Å². The van der Waals surface area contributed by atoms with E-state index in [1.807, 2.05) is 6.07 Å². The van der Waals surface area contributed by atoms with E-state index < -0.39 is 0 Å². The molecular weight excluding hydrogens is 217 g/mol. The van der Waals surface area contributed by atoms with Crippen LogP contribution in [0.2, 0.25) is 0 Å². The molecule has 2 rings (SSSR count). The molecule has 3 nitrogen and oxygen atoms in total. The van der Waals surface area contributed by atoms with E-state index >= 15 is 0 Å². The summed E-state index contributed by atoms with van der Waals surface area (Å²) in [4.78, 5) is 4.55. The van der Waals surface area contributed by atoms with Crippen LogP contribution in [0.4, 0.5) is 10.1 Å². The first kappa shape index (κ1) is 12.3. The number of benzene rings is 1. The molecule has 0 bridgehead atoms. The van der Waals surface area contributed by atoms with Gasteiger partial charge in [0.05, 0.1) is 0 Å². The van der Waals surface area contributed by atoms with Crippen molar-refractivity contribution in [3.63, 3.8) is 0 Å². The number of nitrogens with two attached hydrogens (primary N) is 1. The number of rotatable bonds is 2. The predicted octanol–water partition coefficient (Wildman–Crippen LogP) is 1.42. The molecule has 1 atom stereocenters. The van der Waals surface area contributed by atoms with Crippen LogP contribution in [0.3, 0.4) is 0 Å². The summed E-state index contributed by atoms with van der Waals surface area (Å²) in [5.41, 5.74) is 7.38. The highest BCUT2D eigenvalue weighted by Gasteiger charge is 2.21. The first-order valence-electron chi connectivity index (χ1n) is 6.05. The van der Waals surface area contributed by atoms with E-state index in [-0.39, 0.29) is 5.82 Å². The minimum absolute atomic E-state index is 0.200. The molecular formula is C13H20FN3. The SMILES string of the molecule is CC1CN(c2cc(F)cc(CN)c2)CCN1C. The molecule has 94 valence electrons. The van der Waals surface area contributed by atoms with Crippen LogP contribution in [-0.2, 0) is 6.54 Å². The summed E-state index contributed by atoms with van der Waals surface area (Å²) in [6, 6.07) is 5.58. The highest BCUT2D eigenvalue weighted by atomic mass is 19.1. The molecule has 0 spiro atoms. The number of nitrogens with zero attached hydrogens (tertiary/aromatic N) is 2. The third kappa shape index (κ3) is 2.76. The first-order valence-corrected chi connectivity index (χ1v) is 6.05. The van der Waals surface area contributed by atoms with E-state index in [4.69, 9.17) is 5.73 Å². The van der Waals surface area contributed by atoms with Crippen LogP contribution in [0, 0.1) is 5.82 Å². The molecule has 17 heavy (non-hydrogen) atoms. The van der Waals surface area contributed by atoms with Crippen molar-refractivity contribution < 1.29 is 4.39 Å². The Morgan fingerprint density at radius 2 is 2.12 bits per heavy atom. The van der Waals surface area contributed by atoms with Crippen LogP contribution in [0.1, 0.15) is 12.5 Å². The van der Waals surface area contributed by atoms with Crippen molar-refractivity contribution >= 4 is 5.69 Å². The average molecular weight is 237 g/mol. The summed E-state index contributed by atoms with van der Waals surface area (Å²) in [6.07, 6.45) is 0. The Hall–Kier alpha value is -1.13. The second-order valence-corrected chi connectivity index (χ2v) is 4.80. The third-order valence-electron chi connectivity index (χ3n) is 3.50. The van der Waals surface area contributed by atoms with Gasteiger partial charge < -0.3 is 15.5 Å². The zero-order valence-electron chi connectivity index (χ0n) is 10.5. The lowest BCUT2D eigenvalue weighted by molar-refractivity contribution is 0.234. The maximum absolute atomic E-state index is 13.5. The van der Waals surface area contributed by atoms with E-state index in [0.29, 0.717) is 12.6 Å². The lowest BCUT2D eigenvalue weighted by Gasteiger charge is -2.39. The molecule has 2 N–H and O–H groups in total. The van der Waals surface area contributed by atoms with Crippen LogP contribution in [0.5, 0.6) is 0 Å². The quantitative estimate of drug-likeness (QED) is 0.844. The Balaban J connectivity index is 2.19. The molecule has 1 aliphatic heterocycles. The van der Waals surface area contributed by atoms with Crippen molar-refractivity contribution in [2.75, 3.05) is 31.6 Å². The van der Waals surface area contributed by atoms with Gasteiger partial charge in [-0.2, -0.15) is 0 Å². The number of likely N-dealkylation sites (N-methyl/N-ethyl adjacent to an activating group) is 1. The standard InChI is InChI=1S/C13H20FN3/c1-10-9-17(4-3-16(10)2)13-6-11(8-15)5-12(14)7-13/h5-7,10H,3-4,8-9,15H2,1-2H3. The molecule has 0 saturated carbocycles. The second kappa shape index (κ2) is 5.02. The van der Waals surface area contributed by atoms with Crippen LogP contribution in [0.15, 0.2) is 18.2 Å². The van der Waals surface area contributed by atoms with Crippen molar-refractivity contribution in [3.05, 3.63) is 29.6 Å². The summed E-state index contributed by atoms with van der Waals surface area (Å²) in [5, 5.41) is 0. The maximum Gasteiger partial charge on any atom is 0.125 e. The predicted molar refractivity (Wildman–Crippen MR) is 68.6 cm³/mol. The van der Waals surface area contributed by atoms with Gasteiger partial charge in [-0.25, -0.2) is 4.39 Å². The van der Waals surface area contributed by atoms with Crippen LogP contribution in [0.25, 0.3) is 0 Å². The Morgan fingerprint density at radius 1 is 1.35 bits per heavy atom. The molecule has 0 aromatic heterocycles. The Morgan fingerprint density at radius 3 is 2.76 bits per heavy atom. The summed E-state index contributed by atoms with van der Waals surface area (Å²) in [7, 11) is 2.12. The van der Waals surface area contributed by atoms with Crippen molar-refractivity contribution in [2.24, 2.45) is 5.73 Å². The monoisotopic (exact) mass is 237 g/mol. The Kier molecular flexibility index (Phi) is 3.64. The van der Waals surface area contributed by atoms with Gasteiger partial charge in [-0.05, 0) is 37.7 Å². The van der Waals surface area contributed by atoms with Gasteiger partial charge in [0, 0.05) is 37.9 Å². The van der Waals surface area contributed by atoms with Gasteiger partial charge >= 0.3 is 0 Å². The topological polar surface area (TPSA) is 32.5 Å².